The zero-order valence-corrected chi connectivity index (χ0v) is 11.2. The van der Waals surface area contributed by atoms with Crippen LogP contribution in [0.4, 0.5) is 10.5 Å². The summed E-state index contributed by atoms with van der Waals surface area (Å²) in [5.74, 6) is 0.164. The Balaban J connectivity index is 2.15. The molecule has 2 amide bonds. The standard InChI is InChI=1S/C14H18N2O3/c1-3-13(17)16-7-6-10-4-5-12(8-11(10)9-16)15-14(18)19-2/h4-5,8H,3,6-7,9H2,1-2H3,(H,15,18). The van der Waals surface area contributed by atoms with Crippen LogP contribution in [0.2, 0.25) is 0 Å². The summed E-state index contributed by atoms with van der Waals surface area (Å²) in [5.41, 5.74) is 3.01. The van der Waals surface area contributed by atoms with E-state index in [2.05, 4.69) is 10.1 Å². The van der Waals surface area contributed by atoms with Gasteiger partial charge in [0.25, 0.3) is 0 Å². The van der Waals surface area contributed by atoms with Crippen LogP contribution >= 0.6 is 0 Å². The summed E-state index contributed by atoms with van der Waals surface area (Å²) in [6.45, 7) is 3.25. The van der Waals surface area contributed by atoms with Crippen molar-refractivity contribution < 1.29 is 14.3 Å². The predicted molar refractivity (Wildman–Crippen MR) is 71.9 cm³/mol. The monoisotopic (exact) mass is 262 g/mol. The fraction of sp³-hybridized carbons (Fsp3) is 0.429. The first-order valence-corrected chi connectivity index (χ1v) is 6.38. The zero-order valence-electron chi connectivity index (χ0n) is 11.2. The quantitative estimate of drug-likeness (QED) is 0.888. The SMILES string of the molecule is CCC(=O)N1CCc2ccc(NC(=O)OC)cc2C1. The van der Waals surface area contributed by atoms with Crippen molar-refractivity contribution in [2.45, 2.75) is 26.3 Å². The number of fused-ring (bicyclic) bond motifs is 1. The lowest BCUT2D eigenvalue weighted by Crippen LogP contribution is -2.35. The van der Waals surface area contributed by atoms with Crippen molar-refractivity contribution in [1.29, 1.82) is 0 Å². The van der Waals surface area contributed by atoms with Gasteiger partial charge in [0.2, 0.25) is 5.91 Å². The molecule has 0 saturated carbocycles. The minimum absolute atomic E-state index is 0.164. The first-order chi connectivity index (χ1) is 9.13. The van der Waals surface area contributed by atoms with Crippen LogP contribution in [0.3, 0.4) is 0 Å². The van der Waals surface area contributed by atoms with E-state index in [1.165, 1.54) is 12.7 Å². The number of amides is 2. The van der Waals surface area contributed by atoms with Crippen molar-refractivity contribution in [3.63, 3.8) is 0 Å². The Morgan fingerprint density at radius 3 is 2.84 bits per heavy atom. The van der Waals surface area contributed by atoms with E-state index in [0.29, 0.717) is 18.7 Å². The fourth-order valence-electron chi connectivity index (χ4n) is 2.24. The number of rotatable bonds is 2. The molecule has 1 N–H and O–H groups in total. The number of nitrogens with one attached hydrogen (secondary N) is 1. The number of carbonyl (C=O) groups excluding carboxylic acids is 2. The minimum atomic E-state index is -0.489. The molecule has 5 heteroatoms. The number of benzene rings is 1. The molecule has 0 saturated heterocycles. The summed E-state index contributed by atoms with van der Waals surface area (Å²) in [4.78, 5) is 24.7. The van der Waals surface area contributed by atoms with Crippen molar-refractivity contribution in [3.05, 3.63) is 29.3 Å². The van der Waals surface area contributed by atoms with Crippen molar-refractivity contribution in [1.82, 2.24) is 4.90 Å². The number of anilines is 1. The third-order valence-electron chi connectivity index (χ3n) is 3.31. The van der Waals surface area contributed by atoms with Gasteiger partial charge in [-0.25, -0.2) is 4.79 Å². The molecule has 2 rings (SSSR count). The van der Waals surface area contributed by atoms with Gasteiger partial charge in [0, 0.05) is 25.2 Å². The summed E-state index contributed by atoms with van der Waals surface area (Å²) in [7, 11) is 1.33. The number of hydrogen-bond acceptors (Lipinski definition) is 3. The highest BCUT2D eigenvalue weighted by atomic mass is 16.5. The molecule has 0 aliphatic carbocycles. The number of methoxy groups -OCH3 is 1. The molecule has 5 nitrogen and oxygen atoms in total. The average molecular weight is 262 g/mol. The molecule has 0 unspecified atom stereocenters. The summed E-state index contributed by atoms with van der Waals surface area (Å²) < 4.78 is 4.56. The van der Waals surface area contributed by atoms with E-state index in [-0.39, 0.29) is 5.91 Å². The van der Waals surface area contributed by atoms with Crippen molar-refractivity contribution in [2.75, 3.05) is 19.0 Å². The molecule has 0 spiro atoms. The third kappa shape index (κ3) is 3.05. The number of ether oxygens (including phenoxy) is 1. The van der Waals surface area contributed by atoms with E-state index in [1.807, 2.05) is 30.0 Å². The predicted octanol–water partition coefficient (Wildman–Crippen LogP) is 2.16. The molecular weight excluding hydrogens is 244 g/mol. The second-order valence-electron chi connectivity index (χ2n) is 4.52. The molecule has 1 heterocycles. The second kappa shape index (κ2) is 5.73. The molecule has 0 atom stereocenters. The lowest BCUT2D eigenvalue weighted by Gasteiger charge is -2.29. The number of hydrogen-bond donors (Lipinski definition) is 1. The zero-order chi connectivity index (χ0) is 13.8. The molecule has 1 aliphatic heterocycles. The van der Waals surface area contributed by atoms with E-state index in [9.17, 15) is 9.59 Å². The smallest absolute Gasteiger partial charge is 0.411 e. The summed E-state index contributed by atoms with van der Waals surface area (Å²) >= 11 is 0. The maximum absolute atomic E-state index is 11.7. The van der Waals surface area contributed by atoms with Crippen molar-refractivity contribution >= 4 is 17.7 Å². The lowest BCUT2D eigenvalue weighted by atomic mass is 9.99. The van der Waals surface area contributed by atoms with Gasteiger partial charge in [-0.15, -0.1) is 0 Å². The maximum Gasteiger partial charge on any atom is 0.411 e. The maximum atomic E-state index is 11.7. The van der Waals surface area contributed by atoms with Crippen LogP contribution in [-0.4, -0.2) is 30.6 Å². The third-order valence-corrected chi connectivity index (χ3v) is 3.31. The van der Waals surface area contributed by atoms with Gasteiger partial charge in [0.15, 0.2) is 0 Å². The van der Waals surface area contributed by atoms with E-state index in [4.69, 9.17) is 0 Å². The minimum Gasteiger partial charge on any atom is -0.453 e. The Hall–Kier alpha value is -2.04. The molecule has 1 aromatic rings. The molecule has 102 valence electrons. The van der Waals surface area contributed by atoms with Crippen LogP contribution in [0.5, 0.6) is 0 Å². The normalized spacial score (nSPS) is 13.7. The first kappa shape index (κ1) is 13.4. The van der Waals surface area contributed by atoms with Gasteiger partial charge in [-0.2, -0.15) is 0 Å². The Bertz CT molecular complexity index is 499. The van der Waals surface area contributed by atoms with Gasteiger partial charge in [-0.05, 0) is 29.7 Å². The lowest BCUT2D eigenvalue weighted by molar-refractivity contribution is -0.131. The van der Waals surface area contributed by atoms with E-state index < -0.39 is 6.09 Å². The molecular formula is C14H18N2O3. The van der Waals surface area contributed by atoms with Crippen LogP contribution < -0.4 is 5.32 Å². The van der Waals surface area contributed by atoms with Crippen LogP contribution in [0.15, 0.2) is 18.2 Å². The summed E-state index contributed by atoms with van der Waals surface area (Å²) in [5, 5.41) is 2.64. The molecule has 1 aliphatic rings. The Morgan fingerprint density at radius 2 is 2.16 bits per heavy atom. The average Bonchev–Trinajstić information content (AvgIpc) is 2.45. The Labute approximate surface area is 112 Å². The summed E-state index contributed by atoms with van der Waals surface area (Å²) in [6, 6.07) is 5.75. The van der Waals surface area contributed by atoms with E-state index >= 15 is 0 Å². The first-order valence-electron chi connectivity index (χ1n) is 6.38. The highest BCUT2D eigenvalue weighted by Crippen LogP contribution is 2.23. The van der Waals surface area contributed by atoms with E-state index in [0.717, 1.165) is 18.5 Å². The number of carbonyl (C=O) groups is 2. The number of nitrogens with zero attached hydrogens (tertiary/aromatic N) is 1. The van der Waals surface area contributed by atoms with E-state index in [1.54, 1.807) is 0 Å². The van der Waals surface area contributed by atoms with Crippen molar-refractivity contribution in [3.8, 4) is 0 Å². The van der Waals surface area contributed by atoms with Gasteiger partial charge in [-0.3, -0.25) is 10.1 Å². The molecule has 0 radical (unpaired) electrons. The Kier molecular flexibility index (Phi) is 4.04. The van der Waals surface area contributed by atoms with Gasteiger partial charge in [-0.1, -0.05) is 13.0 Å². The molecule has 1 aromatic carbocycles. The van der Waals surface area contributed by atoms with Gasteiger partial charge in [0.1, 0.15) is 0 Å². The molecule has 19 heavy (non-hydrogen) atoms. The van der Waals surface area contributed by atoms with Crippen LogP contribution in [0.25, 0.3) is 0 Å². The topological polar surface area (TPSA) is 58.6 Å². The van der Waals surface area contributed by atoms with Gasteiger partial charge < -0.3 is 9.64 Å². The molecule has 0 bridgehead atoms. The van der Waals surface area contributed by atoms with Crippen LogP contribution in [-0.2, 0) is 22.5 Å². The Morgan fingerprint density at radius 1 is 1.37 bits per heavy atom. The van der Waals surface area contributed by atoms with Crippen LogP contribution in [0.1, 0.15) is 24.5 Å². The fourth-order valence-corrected chi connectivity index (χ4v) is 2.24. The van der Waals surface area contributed by atoms with Crippen molar-refractivity contribution in [2.24, 2.45) is 0 Å². The molecule has 0 fully saturated rings. The molecule has 0 aromatic heterocycles. The summed E-state index contributed by atoms with van der Waals surface area (Å²) in [6.07, 6.45) is 0.895. The largest absolute Gasteiger partial charge is 0.453 e. The second-order valence-corrected chi connectivity index (χ2v) is 4.52. The van der Waals surface area contributed by atoms with Gasteiger partial charge >= 0.3 is 6.09 Å². The van der Waals surface area contributed by atoms with Crippen LogP contribution in [0, 0.1) is 0 Å². The highest BCUT2D eigenvalue weighted by molar-refractivity contribution is 5.84. The highest BCUT2D eigenvalue weighted by Gasteiger charge is 2.19. The van der Waals surface area contributed by atoms with Gasteiger partial charge in [0.05, 0.1) is 7.11 Å².